The number of rotatable bonds is 13. The number of aryl methyl sites for hydroxylation is 1. The van der Waals surface area contributed by atoms with Crippen LogP contribution in [0.4, 0.5) is 0 Å². The molecule has 134 heavy (non-hydrogen) atoms. The van der Waals surface area contributed by atoms with Crippen LogP contribution in [0.5, 0.6) is 17.2 Å². The minimum absolute atomic E-state index is 0.0394. The fraction of sp³-hybridized carbons (Fsp3) is 0.679. The van der Waals surface area contributed by atoms with Crippen LogP contribution in [0.2, 0.25) is 0 Å². The zero-order chi connectivity index (χ0) is 99.8. The second-order valence-electron chi connectivity index (χ2n) is 49.7. The van der Waals surface area contributed by atoms with Crippen LogP contribution in [0.15, 0.2) is 165 Å². The molecule has 11 heterocycles. The molecule has 2 N–H and O–H groups in total. The second-order valence-corrected chi connectivity index (χ2v) is 49.7. The molecule has 14 rings (SSSR count). The summed E-state index contributed by atoms with van der Waals surface area (Å²) in [4.78, 5) is 50.3. The number of ether oxygens (including phenoxy) is 3. The van der Waals surface area contributed by atoms with E-state index in [1.807, 2.05) is 37.3 Å². The molecular weight excluding hydrogens is 1670 g/mol. The summed E-state index contributed by atoms with van der Waals surface area (Å²) in [7, 11) is 7.31. The molecule has 0 spiro atoms. The lowest BCUT2D eigenvalue weighted by Crippen LogP contribution is -2.58. The number of aliphatic hydroxyl groups is 2. The minimum atomic E-state index is -0.0406. The zero-order valence-electron chi connectivity index (χ0n) is 91.2. The van der Waals surface area contributed by atoms with Crippen molar-refractivity contribution < 1.29 is 28.9 Å². The van der Waals surface area contributed by atoms with Crippen molar-refractivity contribution in [3.8, 4) is 17.2 Å². The van der Waals surface area contributed by atoms with Gasteiger partial charge >= 0.3 is 0 Å². The molecule has 5 fully saturated rings. The van der Waals surface area contributed by atoms with Crippen LogP contribution in [0.1, 0.15) is 270 Å². The molecular formula is C112H180N16O6. The van der Waals surface area contributed by atoms with E-state index in [2.05, 4.69) is 352 Å². The Bertz CT molecular complexity index is 4860. The Kier molecular flexibility index (Phi) is 33.9. The number of benzene rings is 3. The molecule has 1 aromatic heterocycles. The number of amidine groups is 5. The van der Waals surface area contributed by atoms with Gasteiger partial charge in [-0.05, 0) is 157 Å². The van der Waals surface area contributed by atoms with Crippen LogP contribution in [-0.4, -0.2) is 263 Å². The van der Waals surface area contributed by atoms with E-state index >= 15 is 0 Å². The largest absolute Gasteiger partial charge is 0.497 e. The number of likely N-dealkylation sites (N-methyl/N-ethyl adjacent to an activating group) is 1. The number of aliphatic imine (C=N–C) groups is 5. The van der Waals surface area contributed by atoms with Crippen LogP contribution >= 0.6 is 0 Å². The number of methoxy groups -OCH3 is 3. The molecule has 0 unspecified atom stereocenters. The molecule has 0 radical (unpaired) electrons. The van der Waals surface area contributed by atoms with Crippen molar-refractivity contribution in [1.82, 2.24) is 54.2 Å². The molecule has 0 saturated carbocycles. The van der Waals surface area contributed by atoms with E-state index in [0.29, 0.717) is 6.04 Å². The predicted octanol–water partition coefficient (Wildman–Crippen LogP) is 21.2. The molecule has 5 saturated heterocycles. The van der Waals surface area contributed by atoms with Gasteiger partial charge in [0.25, 0.3) is 0 Å². The van der Waals surface area contributed by atoms with Gasteiger partial charge in [0.1, 0.15) is 52.2 Å². The Labute approximate surface area is 811 Å². The van der Waals surface area contributed by atoms with Gasteiger partial charge in [-0.2, -0.15) is 0 Å². The SMILES string of the molecule is COc1ccc(CN2CC3=C(C(C)(C)C)[C@H](C)N=C(C(C)(C)C)N3C[C@@H]2CO)cc1.COc1ccc(CN2CC3=C(C(C)(C)C)[C@H](C)N=C(C(C)(C)C)N3C[C@H]2CO)cc1.COc1ccc(CN2CCN3C(C(C)(C)C)=N[C@@H](C)C(C(C)(C)C)=C3C2)cc1.C[C@@H]1N=C(C(C)(C)C)N2CCN(C)CC2=C1C(C)(C)C.Cc1cc(CN2CCN3C(C(C)(C)C)=N[C@@H](C)C(C(C)(C)C)=C3C2)no1. The highest BCUT2D eigenvalue weighted by atomic mass is 16.5. The van der Waals surface area contributed by atoms with E-state index < -0.39 is 0 Å². The maximum Gasteiger partial charge on any atom is 0.133 e. The van der Waals surface area contributed by atoms with Gasteiger partial charge in [0.2, 0.25) is 0 Å². The summed E-state index contributed by atoms with van der Waals surface area (Å²) in [6.45, 7) is 97.6. The number of aliphatic hydroxyl groups excluding tert-OH is 2. The van der Waals surface area contributed by atoms with Crippen LogP contribution in [0, 0.1) is 61.1 Å². The molecule has 0 amide bonds. The average Bonchev–Trinajstić information content (AvgIpc) is 1.10. The molecule has 22 nitrogen and oxygen atoms in total. The second kappa shape index (κ2) is 42.0. The summed E-state index contributed by atoms with van der Waals surface area (Å²) in [5.41, 5.74) is 19.9. The van der Waals surface area contributed by atoms with E-state index in [0.717, 1.165) is 152 Å². The van der Waals surface area contributed by atoms with Crippen molar-refractivity contribution in [1.29, 1.82) is 0 Å². The molecule has 3 aromatic carbocycles. The quantitative estimate of drug-likeness (QED) is 0.128. The number of hydrogen-bond acceptors (Lipinski definition) is 22. The van der Waals surface area contributed by atoms with Crippen LogP contribution in [-0.2, 0) is 26.2 Å². The highest BCUT2D eigenvalue weighted by Gasteiger charge is 2.48. The van der Waals surface area contributed by atoms with Crippen LogP contribution in [0.3, 0.4) is 0 Å². The Morgan fingerprint density at radius 1 is 0.321 bits per heavy atom. The number of aromatic nitrogens is 1. The van der Waals surface area contributed by atoms with Crippen molar-refractivity contribution in [3.05, 3.63) is 163 Å². The van der Waals surface area contributed by atoms with E-state index in [1.165, 1.54) is 90.5 Å². The van der Waals surface area contributed by atoms with E-state index in [1.54, 1.807) is 21.3 Å². The van der Waals surface area contributed by atoms with Crippen molar-refractivity contribution in [2.45, 2.75) is 318 Å². The molecule has 744 valence electrons. The molecule has 4 aromatic rings. The summed E-state index contributed by atoms with van der Waals surface area (Å²) in [6.07, 6.45) is 0. The molecule has 0 bridgehead atoms. The van der Waals surface area contributed by atoms with Gasteiger partial charge in [0.15, 0.2) is 0 Å². The van der Waals surface area contributed by atoms with Crippen molar-refractivity contribution in [2.24, 2.45) is 79.1 Å². The highest BCUT2D eigenvalue weighted by Crippen LogP contribution is 2.48. The van der Waals surface area contributed by atoms with Crippen molar-refractivity contribution in [3.63, 3.8) is 0 Å². The van der Waals surface area contributed by atoms with E-state index in [-0.39, 0.29) is 104 Å². The highest BCUT2D eigenvalue weighted by molar-refractivity contribution is 5.93. The molecule has 0 aliphatic carbocycles. The van der Waals surface area contributed by atoms with Crippen molar-refractivity contribution in [2.75, 3.05) is 127 Å². The van der Waals surface area contributed by atoms with E-state index in [9.17, 15) is 10.2 Å². The first-order valence-corrected chi connectivity index (χ1v) is 50.0. The van der Waals surface area contributed by atoms with Gasteiger partial charge < -0.3 is 53.4 Å². The number of hydrogen-bond donors (Lipinski definition) is 2. The monoisotopic (exact) mass is 1850 g/mol. The third-order valence-corrected chi connectivity index (χ3v) is 27.3. The van der Waals surface area contributed by atoms with Gasteiger partial charge in [0, 0.05) is 173 Å². The maximum absolute atomic E-state index is 10.2. The van der Waals surface area contributed by atoms with Gasteiger partial charge in [-0.1, -0.05) is 249 Å². The topological polar surface area (TPSA) is 188 Å². The molecule has 10 aliphatic heterocycles. The van der Waals surface area contributed by atoms with Gasteiger partial charge in [0.05, 0.1) is 82.5 Å². The first kappa shape index (κ1) is 108. The number of fused-ring (bicyclic) bond motifs is 5. The lowest BCUT2D eigenvalue weighted by Gasteiger charge is -2.51. The summed E-state index contributed by atoms with van der Waals surface area (Å²) in [5.74, 6) is 9.54. The van der Waals surface area contributed by atoms with E-state index in [4.69, 9.17) is 43.7 Å². The zero-order valence-corrected chi connectivity index (χ0v) is 91.2. The molecule has 7 atom stereocenters. The third-order valence-electron chi connectivity index (χ3n) is 27.3. The maximum atomic E-state index is 10.2. The first-order valence-electron chi connectivity index (χ1n) is 50.0. The molecule has 22 heteroatoms. The smallest absolute Gasteiger partial charge is 0.133 e. The summed E-state index contributed by atoms with van der Waals surface area (Å²) in [6, 6.07) is 28.2. The van der Waals surface area contributed by atoms with Crippen molar-refractivity contribution >= 4 is 29.2 Å². The van der Waals surface area contributed by atoms with Gasteiger partial charge in [-0.3, -0.25) is 49.5 Å². The number of piperazine rings is 5. The lowest BCUT2D eigenvalue weighted by molar-refractivity contribution is 0.0751. The summed E-state index contributed by atoms with van der Waals surface area (Å²) in [5, 5.41) is 24.6. The first-order chi connectivity index (χ1) is 61.9. The average molecular weight is 1850 g/mol. The lowest BCUT2D eigenvalue weighted by atomic mass is 9.78. The van der Waals surface area contributed by atoms with Gasteiger partial charge in [-0.15, -0.1) is 0 Å². The Hall–Kier alpha value is -7.96. The summed E-state index contributed by atoms with van der Waals surface area (Å²) >= 11 is 0. The third kappa shape index (κ3) is 26.1. The predicted molar refractivity (Wildman–Crippen MR) is 559 cm³/mol. The van der Waals surface area contributed by atoms with Crippen LogP contribution < -0.4 is 14.2 Å². The fourth-order valence-corrected chi connectivity index (χ4v) is 22.0. The Balaban J connectivity index is 0.000000174. The van der Waals surface area contributed by atoms with Gasteiger partial charge in [-0.25, -0.2) is 0 Å². The fourth-order valence-electron chi connectivity index (χ4n) is 22.0. The van der Waals surface area contributed by atoms with Crippen LogP contribution in [0.25, 0.3) is 0 Å². The normalized spacial score (nSPS) is 23.2. The standard InChI is InChI=1S/2C25H39N3O2.C24H37N3O.C21H34N4O.C17H31N3/c2*1-17-22(24(2,3)4)21-15-27(13-18-9-11-20(30-8)12-10-18)19(16-29)14-28(21)23(26-17)25(5,6)7;1-17-21(23(2,3)4)20-16-26(15-18-9-11-19(28-8)12-10-18)13-14-27(20)22(25-17)24(5,6)7;1-14-11-16(23-26-14)12-24-9-10-25-17(13-24)18(20(3,4)5)15(2)22-19(25)21(6,7)8;1-12-14(16(2,3)4)13-11-19(8)9-10-20(13)15(18-12)17(5,6)7/h2*9-12,17,19,29H,13-16H2,1-8H3;9-12,17H,13-16H2,1-8H3;11,15H,9-10,12-13H2,1-8H3;12H,9-11H2,1-8H3/t17-,19+;17-,19-;17-;15-;12-/m00000/s1. The number of nitrogens with zero attached hydrogens (tertiary/aromatic N) is 16. The Morgan fingerprint density at radius 3 is 0.828 bits per heavy atom. The minimum Gasteiger partial charge on any atom is -0.497 e. The Morgan fingerprint density at radius 2 is 0.575 bits per heavy atom. The molecule has 10 aliphatic rings. The summed E-state index contributed by atoms with van der Waals surface area (Å²) < 4.78 is 21.1.